The molecule has 0 spiro atoms. The fraction of sp³-hybridized carbons (Fsp3) is 0.545. The van der Waals surface area contributed by atoms with Gasteiger partial charge in [0.2, 0.25) is 0 Å². The molecule has 1 aromatic rings. The summed E-state index contributed by atoms with van der Waals surface area (Å²) in [6.07, 6.45) is 1.47. The van der Waals surface area contributed by atoms with Crippen molar-refractivity contribution in [3.63, 3.8) is 0 Å². The molecule has 0 fully saturated rings. The predicted molar refractivity (Wildman–Crippen MR) is 56.9 cm³/mol. The van der Waals surface area contributed by atoms with Gasteiger partial charge in [-0.1, -0.05) is 12.1 Å². The Kier molecular flexibility index (Phi) is 5.88. The van der Waals surface area contributed by atoms with Gasteiger partial charge in [0, 0.05) is 6.20 Å². The van der Waals surface area contributed by atoms with Crippen molar-refractivity contribution in [3.8, 4) is 5.88 Å². The molecule has 0 radical (unpaired) electrons. The Bertz CT molecular complexity index is 228. The summed E-state index contributed by atoms with van der Waals surface area (Å²) in [6, 6.07) is 4.79. The number of pyridine rings is 1. The maximum Gasteiger partial charge on any atom is 0.0753 e. The number of aromatic nitrogens is 1. The van der Waals surface area contributed by atoms with Crippen LogP contribution in [0.3, 0.4) is 0 Å². The maximum atomic E-state index is 10.2. The minimum absolute atomic E-state index is 0.178. The minimum atomic E-state index is -0.178. The standard InChI is InChI=1S/C6H16N.C5H5NO/c1-5-7(3,4)6-2;7-5-3-1-2-4-6-5/h5-6H2,1-4H3;1-4H,(H,6,7)/q+1;/p-1. The van der Waals surface area contributed by atoms with E-state index in [1.54, 1.807) is 12.1 Å². The average molecular weight is 196 g/mol. The largest absolute Gasteiger partial charge is 0.859 e. The van der Waals surface area contributed by atoms with E-state index in [1.165, 1.54) is 25.4 Å². The molecule has 1 heterocycles. The first kappa shape index (κ1) is 12.9. The lowest BCUT2D eigenvalue weighted by atomic mass is 10.5. The molecule has 3 heteroatoms. The fourth-order valence-electron chi connectivity index (χ4n) is 0.571. The zero-order valence-electron chi connectivity index (χ0n) is 9.53. The summed E-state index contributed by atoms with van der Waals surface area (Å²) in [5, 5.41) is 10.2. The SMILES string of the molecule is CC[N+](C)(C)CC.[O-]c1ccccn1. The predicted octanol–water partition coefficient (Wildman–Crippen LogP) is 1.26. The highest BCUT2D eigenvalue weighted by Gasteiger charge is 2.04. The quantitative estimate of drug-likeness (QED) is 0.668. The zero-order chi connectivity index (χ0) is 11.0. The number of hydrogen-bond donors (Lipinski definition) is 0. The van der Waals surface area contributed by atoms with Crippen molar-refractivity contribution in [3.05, 3.63) is 24.4 Å². The molecule has 0 aliphatic rings. The van der Waals surface area contributed by atoms with Gasteiger partial charge in [-0.15, -0.1) is 0 Å². The summed E-state index contributed by atoms with van der Waals surface area (Å²) >= 11 is 0. The maximum absolute atomic E-state index is 10.2. The van der Waals surface area contributed by atoms with Crippen molar-refractivity contribution in [2.45, 2.75) is 13.8 Å². The lowest BCUT2D eigenvalue weighted by Gasteiger charge is -2.25. The van der Waals surface area contributed by atoms with Crippen LogP contribution in [-0.4, -0.2) is 36.7 Å². The molecule has 0 aliphatic carbocycles. The van der Waals surface area contributed by atoms with E-state index in [0.717, 1.165) is 4.48 Å². The van der Waals surface area contributed by atoms with E-state index >= 15 is 0 Å². The van der Waals surface area contributed by atoms with Crippen LogP contribution in [0.4, 0.5) is 0 Å². The summed E-state index contributed by atoms with van der Waals surface area (Å²) in [6.45, 7) is 6.89. The topological polar surface area (TPSA) is 36.0 Å². The van der Waals surface area contributed by atoms with Crippen molar-refractivity contribution in [1.82, 2.24) is 4.98 Å². The molecule has 14 heavy (non-hydrogen) atoms. The van der Waals surface area contributed by atoms with Crippen LogP contribution in [-0.2, 0) is 0 Å². The molecule has 0 atom stereocenters. The molecule has 0 aromatic carbocycles. The van der Waals surface area contributed by atoms with Crippen LogP contribution in [0.5, 0.6) is 5.88 Å². The van der Waals surface area contributed by atoms with Crippen molar-refractivity contribution < 1.29 is 9.59 Å². The third-order valence-corrected chi connectivity index (χ3v) is 2.35. The van der Waals surface area contributed by atoms with Gasteiger partial charge in [-0.05, 0) is 25.8 Å². The minimum Gasteiger partial charge on any atom is -0.859 e. The third-order valence-electron chi connectivity index (χ3n) is 2.35. The molecule has 1 rings (SSSR count). The molecule has 0 unspecified atom stereocenters. The second-order valence-corrected chi connectivity index (χ2v) is 3.74. The first-order valence-electron chi connectivity index (χ1n) is 4.92. The molecule has 0 saturated heterocycles. The first-order chi connectivity index (χ1) is 6.52. The second kappa shape index (κ2) is 6.38. The number of quaternary nitrogens is 1. The summed E-state index contributed by atoms with van der Waals surface area (Å²) in [4.78, 5) is 3.42. The zero-order valence-corrected chi connectivity index (χ0v) is 9.53. The Balaban J connectivity index is 0.000000241. The van der Waals surface area contributed by atoms with Crippen LogP contribution in [0, 0.1) is 0 Å². The van der Waals surface area contributed by atoms with Crippen LogP contribution < -0.4 is 5.11 Å². The van der Waals surface area contributed by atoms with Crippen LogP contribution in [0.25, 0.3) is 0 Å². The van der Waals surface area contributed by atoms with Gasteiger partial charge in [-0.2, -0.15) is 0 Å². The Labute approximate surface area is 86.6 Å². The third kappa shape index (κ3) is 6.43. The normalized spacial score (nSPS) is 10.3. The van der Waals surface area contributed by atoms with Crippen molar-refractivity contribution >= 4 is 0 Å². The Hall–Kier alpha value is -1.09. The molecule has 1 aromatic heterocycles. The van der Waals surface area contributed by atoms with E-state index in [-0.39, 0.29) is 5.88 Å². The summed E-state index contributed by atoms with van der Waals surface area (Å²) in [7, 11) is 4.47. The molecule has 0 N–H and O–H groups in total. The Morgan fingerprint density at radius 1 is 1.21 bits per heavy atom. The smallest absolute Gasteiger partial charge is 0.0753 e. The van der Waals surface area contributed by atoms with E-state index in [1.807, 2.05) is 0 Å². The van der Waals surface area contributed by atoms with Crippen LogP contribution in [0.15, 0.2) is 24.4 Å². The van der Waals surface area contributed by atoms with Crippen LogP contribution in [0.2, 0.25) is 0 Å². The van der Waals surface area contributed by atoms with Gasteiger partial charge in [0.1, 0.15) is 0 Å². The van der Waals surface area contributed by atoms with Gasteiger partial charge in [-0.3, -0.25) is 4.98 Å². The molecular weight excluding hydrogens is 176 g/mol. The number of nitrogens with zero attached hydrogens (tertiary/aromatic N) is 2. The highest BCUT2D eigenvalue weighted by Crippen LogP contribution is 1.92. The number of rotatable bonds is 2. The molecule has 80 valence electrons. The van der Waals surface area contributed by atoms with E-state index in [9.17, 15) is 5.11 Å². The monoisotopic (exact) mass is 196 g/mol. The van der Waals surface area contributed by atoms with Crippen molar-refractivity contribution in [1.29, 1.82) is 0 Å². The fourth-order valence-corrected chi connectivity index (χ4v) is 0.571. The van der Waals surface area contributed by atoms with E-state index in [4.69, 9.17) is 0 Å². The lowest BCUT2D eigenvalue weighted by Crippen LogP contribution is -2.38. The van der Waals surface area contributed by atoms with E-state index in [2.05, 4.69) is 32.9 Å². The summed E-state index contributed by atoms with van der Waals surface area (Å²) in [5.41, 5.74) is 0. The van der Waals surface area contributed by atoms with Crippen molar-refractivity contribution in [2.24, 2.45) is 0 Å². The van der Waals surface area contributed by atoms with Gasteiger partial charge in [0.05, 0.1) is 27.2 Å². The first-order valence-corrected chi connectivity index (χ1v) is 4.92. The molecular formula is C11H20N2O. The van der Waals surface area contributed by atoms with Crippen LogP contribution in [0.1, 0.15) is 13.8 Å². The van der Waals surface area contributed by atoms with Gasteiger partial charge >= 0.3 is 0 Å². The molecule has 3 nitrogen and oxygen atoms in total. The van der Waals surface area contributed by atoms with Crippen LogP contribution >= 0.6 is 0 Å². The molecule has 0 bridgehead atoms. The van der Waals surface area contributed by atoms with E-state index < -0.39 is 0 Å². The summed E-state index contributed by atoms with van der Waals surface area (Å²) < 4.78 is 1.14. The second-order valence-electron chi connectivity index (χ2n) is 3.74. The van der Waals surface area contributed by atoms with Gasteiger partial charge < -0.3 is 9.59 Å². The summed E-state index contributed by atoms with van der Waals surface area (Å²) in [5.74, 6) is -0.178. The number of hydrogen-bond acceptors (Lipinski definition) is 2. The van der Waals surface area contributed by atoms with Gasteiger partial charge in [0.15, 0.2) is 0 Å². The molecule has 0 amide bonds. The highest BCUT2D eigenvalue weighted by atomic mass is 16.3. The Morgan fingerprint density at radius 2 is 1.79 bits per heavy atom. The van der Waals surface area contributed by atoms with Gasteiger partial charge in [0.25, 0.3) is 0 Å². The van der Waals surface area contributed by atoms with Gasteiger partial charge in [-0.25, -0.2) is 0 Å². The Morgan fingerprint density at radius 3 is 1.93 bits per heavy atom. The van der Waals surface area contributed by atoms with E-state index in [0.29, 0.717) is 0 Å². The average Bonchev–Trinajstić information content (AvgIpc) is 2.20. The molecule has 0 aliphatic heterocycles. The highest BCUT2D eigenvalue weighted by molar-refractivity contribution is 5.04. The lowest BCUT2D eigenvalue weighted by molar-refractivity contribution is -0.886. The van der Waals surface area contributed by atoms with Crippen molar-refractivity contribution in [2.75, 3.05) is 27.2 Å². The molecule has 0 saturated carbocycles.